The maximum Gasteiger partial charge on any atom is 0.217 e. The molecule has 3 aromatic rings. The van der Waals surface area contributed by atoms with Crippen LogP contribution in [0.4, 0.5) is 8.78 Å². The average molecular weight is 285 g/mol. The third kappa shape index (κ3) is 2.70. The van der Waals surface area contributed by atoms with E-state index < -0.39 is 0 Å². The molecule has 0 bridgehead atoms. The van der Waals surface area contributed by atoms with Crippen molar-refractivity contribution in [3.05, 3.63) is 71.3 Å². The number of benzene rings is 2. The maximum atomic E-state index is 13.8. The van der Waals surface area contributed by atoms with Gasteiger partial charge in [0.05, 0.1) is 12.6 Å². The molecule has 0 radical (unpaired) electrons. The van der Waals surface area contributed by atoms with Crippen molar-refractivity contribution in [1.29, 1.82) is 0 Å². The molecule has 0 N–H and O–H groups in total. The predicted octanol–water partition coefficient (Wildman–Crippen LogP) is 4.11. The van der Waals surface area contributed by atoms with Crippen LogP contribution in [0.3, 0.4) is 0 Å². The molecule has 0 unspecified atom stereocenters. The molecule has 4 heteroatoms. The van der Waals surface area contributed by atoms with Crippen LogP contribution in [0, 0.1) is 11.6 Å². The maximum absolute atomic E-state index is 13.8. The van der Waals surface area contributed by atoms with Gasteiger partial charge in [-0.2, -0.15) is 0 Å². The summed E-state index contributed by atoms with van der Waals surface area (Å²) in [5.41, 5.74) is 1.92. The third-order valence-electron chi connectivity index (χ3n) is 3.35. The minimum absolute atomic E-state index is 0.279. The lowest BCUT2D eigenvalue weighted by Gasteiger charge is -2.10. The van der Waals surface area contributed by atoms with E-state index in [1.54, 1.807) is 30.3 Å². The Balaban J connectivity index is 2.10. The van der Waals surface area contributed by atoms with Gasteiger partial charge in [0.15, 0.2) is 0 Å². The number of nitrogens with zero attached hydrogens (tertiary/aromatic N) is 1. The van der Waals surface area contributed by atoms with Crippen LogP contribution in [0.25, 0.3) is 10.9 Å². The summed E-state index contributed by atoms with van der Waals surface area (Å²) >= 11 is 0. The van der Waals surface area contributed by atoms with Gasteiger partial charge < -0.3 is 4.74 Å². The highest BCUT2D eigenvalue weighted by molar-refractivity contribution is 5.80. The lowest BCUT2D eigenvalue weighted by molar-refractivity contribution is 0.395. The Labute approximate surface area is 121 Å². The molecule has 0 amide bonds. The number of hydrogen-bond acceptors (Lipinski definition) is 2. The summed E-state index contributed by atoms with van der Waals surface area (Å²) in [4.78, 5) is 4.35. The predicted molar refractivity (Wildman–Crippen MR) is 77.5 cm³/mol. The first-order chi connectivity index (χ1) is 10.2. The standard InChI is InChI=1S/C17H13F2NO/c1-21-17-13(8-11-4-2-3-5-15(11)19)9-12-10-14(18)6-7-16(12)20-17/h2-7,9-10H,8H2,1H3. The van der Waals surface area contributed by atoms with E-state index in [1.807, 2.05) is 0 Å². The van der Waals surface area contributed by atoms with Crippen LogP contribution < -0.4 is 4.74 Å². The number of halogens is 2. The summed E-state index contributed by atoms with van der Waals surface area (Å²) in [5, 5.41) is 0.669. The zero-order valence-corrected chi connectivity index (χ0v) is 11.4. The lowest BCUT2D eigenvalue weighted by Crippen LogP contribution is -1.99. The number of aromatic nitrogens is 1. The van der Waals surface area contributed by atoms with Crippen LogP contribution >= 0.6 is 0 Å². The fourth-order valence-electron chi connectivity index (χ4n) is 2.32. The second-order valence-electron chi connectivity index (χ2n) is 4.76. The molecule has 1 aromatic heterocycles. The largest absolute Gasteiger partial charge is 0.481 e. The van der Waals surface area contributed by atoms with E-state index >= 15 is 0 Å². The number of methoxy groups -OCH3 is 1. The SMILES string of the molecule is COc1nc2ccc(F)cc2cc1Cc1ccccc1F. The number of fused-ring (bicyclic) bond motifs is 1. The van der Waals surface area contributed by atoms with Gasteiger partial charge in [0.2, 0.25) is 5.88 Å². The summed E-state index contributed by atoms with van der Waals surface area (Å²) in [5.74, 6) is -0.178. The molecule has 0 saturated carbocycles. The zero-order chi connectivity index (χ0) is 14.8. The Morgan fingerprint density at radius 3 is 2.57 bits per heavy atom. The fraction of sp³-hybridized carbons (Fsp3) is 0.118. The Morgan fingerprint density at radius 2 is 1.81 bits per heavy atom. The Morgan fingerprint density at radius 1 is 1.00 bits per heavy atom. The summed E-state index contributed by atoms with van der Waals surface area (Å²) in [6, 6.07) is 12.7. The van der Waals surface area contributed by atoms with Gasteiger partial charge in [0.1, 0.15) is 11.6 Å². The van der Waals surface area contributed by atoms with Crippen molar-refractivity contribution >= 4 is 10.9 Å². The lowest BCUT2D eigenvalue weighted by atomic mass is 10.0. The molecule has 0 fully saturated rings. The topological polar surface area (TPSA) is 22.1 Å². The van der Waals surface area contributed by atoms with Crippen molar-refractivity contribution in [1.82, 2.24) is 4.98 Å². The zero-order valence-electron chi connectivity index (χ0n) is 11.4. The minimum Gasteiger partial charge on any atom is -0.481 e. The van der Waals surface area contributed by atoms with Crippen LogP contribution in [-0.4, -0.2) is 12.1 Å². The normalized spacial score (nSPS) is 10.8. The molecule has 0 atom stereocenters. The summed E-state index contributed by atoms with van der Waals surface area (Å²) in [7, 11) is 1.52. The third-order valence-corrected chi connectivity index (χ3v) is 3.35. The van der Waals surface area contributed by atoms with Crippen molar-refractivity contribution in [3.8, 4) is 5.88 Å². The molecule has 0 aliphatic carbocycles. The Hall–Kier alpha value is -2.49. The Kier molecular flexibility index (Phi) is 3.52. The van der Waals surface area contributed by atoms with Gasteiger partial charge in [-0.3, -0.25) is 0 Å². The molecule has 0 aliphatic rings. The van der Waals surface area contributed by atoms with E-state index in [9.17, 15) is 8.78 Å². The van der Waals surface area contributed by atoms with Crippen LogP contribution in [0.5, 0.6) is 5.88 Å². The minimum atomic E-state index is -0.327. The molecule has 21 heavy (non-hydrogen) atoms. The first kappa shape index (κ1) is 13.5. The van der Waals surface area contributed by atoms with Gasteiger partial charge in [0.25, 0.3) is 0 Å². The smallest absolute Gasteiger partial charge is 0.217 e. The van der Waals surface area contributed by atoms with Gasteiger partial charge in [-0.15, -0.1) is 0 Å². The summed E-state index contributed by atoms with van der Waals surface area (Å²) in [6.45, 7) is 0. The van der Waals surface area contributed by atoms with Crippen molar-refractivity contribution in [2.24, 2.45) is 0 Å². The van der Waals surface area contributed by atoms with E-state index in [1.165, 1.54) is 25.3 Å². The second kappa shape index (κ2) is 5.48. The Bertz CT molecular complexity index is 802. The van der Waals surface area contributed by atoms with Crippen LogP contribution in [0.2, 0.25) is 0 Å². The van der Waals surface area contributed by atoms with Gasteiger partial charge in [-0.1, -0.05) is 18.2 Å². The van der Waals surface area contributed by atoms with Crippen molar-refractivity contribution < 1.29 is 13.5 Å². The monoisotopic (exact) mass is 285 g/mol. The summed E-state index contributed by atoms with van der Waals surface area (Å²) in [6.07, 6.45) is 0.343. The van der Waals surface area contributed by atoms with Crippen molar-refractivity contribution in [2.75, 3.05) is 7.11 Å². The summed E-state index contributed by atoms with van der Waals surface area (Å²) < 4.78 is 32.4. The molecule has 1 heterocycles. The van der Waals surface area contributed by atoms with E-state index in [4.69, 9.17) is 4.74 Å². The molecular weight excluding hydrogens is 272 g/mol. The molecule has 2 nitrogen and oxygen atoms in total. The van der Waals surface area contributed by atoms with Crippen LogP contribution in [-0.2, 0) is 6.42 Å². The van der Waals surface area contributed by atoms with Gasteiger partial charge >= 0.3 is 0 Å². The van der Waals surface area contributed by atoms with Gasteiger partial charge in [-0.25, -0.2) is 13.8 Å². The molecule has 3 rings (SSSR count). The molecule has 106 valence electrons. The molecule has 0 aliphatic heterocycles. The highest BCUT2D eigenvalue weighted by atomic mass is 19.1. The van der Waals surface area contributed by atoms with Crippen LogP contribution in [0.15, 0.2) is 48.5 Å². The van der Waals surface area contributed by atoms with E-state index in [-0.39, 0.29) is 11.6 Å². The molecule has 0 spiro atoms. The molecular formula is C17H13F2NO. The highest BCUT2D eigenvalue weighted by Crippen LogP contribution is 2.25. The average Bonchev–Trinajstić information content (AvgIpc) is 2.49. The van der Waals surface area contributed by atoms with Crippen LogP contribution in [0.1, 0.15) is 11.1 Å². The fourth-order valence-corrected chi connectivity index (χ4v) is 2.32. The first-order valence-electron chi connectivity index (χ1n) is 6.54. The molecule has 2 aromatic carbocycles. The quantitative estimate of drug-likeness (QED) is 0.722. The molecule has 0 saturated heterocycles. The van der Waals surface area contributed by atoms with Crippen molar-refractivity contribution in [3.63, 3.8) is 0 Å². The van der Waals surface area contributed by atoms with E-state index in [2.05, 4.69) is 4.98 Å². The van der Waals surface area contributed by atoms with Gasteiger partial charge in [-0.05, 0) is 35.9 Å². The highest BCUT2D eigenvalue weighted by Gasteiger charge is 2.11. The van der Waals surface area contributed by atoms with Crippen molar-refractivity contribution in [2.45, 2.75) is 6.42 Å². The first-order valence-corrected chi connectivity index (χ1v) is 6.54. The number of pyridine rings is 1. The number of hydrogen-bond donors (Lipinski definition) is 0. The van der Waals surface area contributed by atoms with E-state index in [0.717, 1.165) is 5.56 Å². The number of ether oxygens (including phenoxy) is 1. The number of rotatable bonds is 3. The second-order valence-corrected chi connectivity index (χ2v) is 4.76. The van der Waals surface area contributed by atoms with E-state index in [0.29, 0.717) is 28.8 Å². The van der Waals surface area contributed by atoms with Gasteiger partial charge in [0, 0.05) is 17.4 Å².